The molecule has 1 aromatic heterocycles. The number of hydrogen-bond donors (Lipinski definition) is 1. The van der Waals surface area contributed by atoms with Crippen LogP contribution < -0.4 is 10.9 Å². The van der Waals surface area contributed by atoms with E-state index in [2.05, 4.69) is 16.2 Å². The summed E-state index contributed by atoms with van der Waals surface area (Å²) in [5, 5.41) is 3.06. The third kappa shape index (κ3) is 3.27. The Morgan fingerprint density at radius 2 is 2.47 bits per heavy atom. The van der Waals surface area contributed by atoms with Gasteiger partial charge in [0.1, 0.15) is 0 Å². The van der Waals surface area contributed by atoms with E-state index in [9.17, 15) is 4.79 Å². The fourth-order valence-electron chi connectivity index (χ4n) is 1.56. The van der Waals surface area contributed by atoms with Crippen molar-refractivity contribution in [1.29, 1.82) is 0 Å². The highest BCUT2D eigenvalue weighted by Crippen LogP contribution is 2.33. The molecule has 0 aromatic carbocycles. The van der Waals surface area contributed by atoms with Crippen LogP contribution in [-0.4, -0.2) is 27.6 Å². The van der Waals surface area contributed by atoms with Gasteiger partial charge in [-0.15, -0.1) is 18.2 Å². The standard InChI is InChI=1S/C12H15N3OS/c1-2-8-17-9-6-14-11-12(16)15(7-5-13-11)10-3-4-10/h1,5,7,10H,3-4,6,8-9H2,(H,13,14). The van der Waals surface area contributed by atoms with Crippen molar-refractivity contribution in [2.24, 2.45) is 0 Å². The van der Waals surface area contributed by atoms with Gasteiger partial charge in [0.15, 0.2) is 5.82 Å². The van der Waals surface area contributed by atoms with Crippen LogP contribution in [0.15, 0.2) is 17.2 Å². The van der Waals surface area contributed by atoms with E-state index < -0.39 is 0 Å². The van der Waals surface area contributed by atoms with Gasteiger partial charge in [-0.2, -0.15) is 0 Å². The Kier molecular flexibility index (Phi) is 4.10. The van der Waals surface area contributed by atoms with E-state index in [4.69, 9.17) is 6.42 Å². The van der Waals surface area contributed by atoms with Gasteiger partial charge >= 0.3 is 0 Å². The quantitative estimate of drug-likeness (QED) is 0.611. The summed E-state index contributed by atoms with van der Waals surface area (Å²) in [6.07, 6.45) is 10.8. The fourth-order valence-corrected chi connectivity index (χ4v) is 2.07. The van der Waals surface area contributed by atoms with Crippen molar-refractivity contribution in [3.05, 3.63) is 22.7 Å². The van der Waals surface area contributed by atoms with Crippen molar-refractivity contribution in [3.63, 3.8) is 0 Å². The van der Waals surface area contributed by atoms with Crippen LogP contribution in [0.1, 0.15) is 18.9 Å². The zero-order valence-electron chi connectivity index (χ0n) is 9.56. The van der Waals surface area contributed by atoms with Gasteiger partial charge in [-0.1, -0.05) is 5.92 Å². The molecule has 4 nitrogen and oxygen atoms in total. The summed E-state index contributed by atoms with van der Waals surface area (Å²) >= 11 is 1.67. The number of terminal acetylenes is 1. The predicted molar refractivity (Wildman–Crippen MR) is 71.4 cm³/mol. The van der Waals surface area contributed by atoms with Gasteiger partial charge in [-0.05, 0) is 12.8 Å². The Hall–Kier alpha value is -1.41. The monoisotopic (exact) mass is 249 g/mol. The smallest absolute Gasteiger partial charge is 0.293 e. The molecule has 0 spiro atoms. The molecule has 1 heterocycles. The van der Waals surface area contributed by atoms with Gasteiger partial charge < -0.3 is 9.88 Å². The van der Waals surface area contributed by atoms with Crippen molar-refractivity contribution in [1.82, 2.24) is 9.55 Å². The Bertz CT molecular complexity index is 473. The summed E-state index contributed by atoms with van der Waals surface area (Å²) in [7, 11) is 0. The molecule has 1 N–H and O–H groups in total. The van der Waals surface area contributed by atoms with E-state index in [-0.39, 0.29) is 5.56 Å². The van der Waals surface area contributed by atoms with Gasteiger partial charge in [0.2, 0.25) is 0 Å². The lowest BCUT2D eigenvalue weighted by molar-refractivity contribution is 0.700. The first kappa shape index (κ1) is 12.1. The van der Waals surface area contributed by atoms with Crippen molar-refractivity contribution in [3.8, 4) is 12.3 Å². The van der Waals surface area contributed by atoms with Crippen LogP contribution in [0.4, 0.5) is 5.82 Å². The highest BCUT2D eigenvalue weighted by atomic mass is 32.2. The van der Waals surface area contributed by atoms with Crippen molar-refractivity contribution in [2.75, 3.05) is 23.4 Å². The van der Waals surface area contributed by atoms with Gasteiger partial charge in [0.05, 0.1) is 5.75 Å². The van der Waals surface area contributed by atoms with Crippen LogP contribution in [0.3, 0.4) is 0 Å². The first-order chi connectivity index (χ1) is 8.33. The molecule has 17 heavy (non-hydrogen) atoms. The van der Waals surface area contributed by atoms with Gasteiger partial charge in [0, 0.05) is 30.7 Å². The summed E-state index contributed by atoms with van der Waals surface area (Å²) in [5.41, 5.74) is -0.0167. The van der Waals surface area contributed by atoms with Crippen molar-refractivity contribution >= 4 is 17.6 Å². The molecular weight excluding hydrogens is 234 g/mol. The topological polar surface area (TPSA) is 46.9 Å². The number of rotatable bonds is 6. The lowest BCUT2D eigenvalue weighted by atomic mass is 10.5. The molecule has 1 aliphatic carbocycles. The fraction of sp³-hybridized carbons (Fsp3) is 0.500. The number of nitrogens with zero attached hydrogens (tertiary/aromatic N) is 2. The molecule has 1 fully saturated rings. The summed E-state index contributed by atoms with van der Waals surface area (Å²) in [6.45, 7) is 0.712. The van der Waals surface area contributed by atoms with E-state index in [0.717, 1.165) is 18.6 Å². The molecular formula is C12H15N3OS. The number of aromatic nitrogens is 2. The second-order valence-corrected chi connectivity index (χ2v) is 5.01. The SMILES string of the molecule is C#CCSCCNc1nccn(C2CC2)c1=O. The maximum absolute atomic E-state index is 12.0. The summed E-state index contributed by atoms with van der Waals surface area (Å²) in [5.74, 6) is 4.59. The minimum Gasteiger partial charge on any atom is -0.365 e. The van der Waals surface area contributed by atoms with Crippen LogP contribution in [0, 0.1) is 12.3 Å². The molecule has 0 radical (unpaired) electrons. The van der Waals surface area contributed by atoms with E-state index in [0.29, 0.717) is 24.2 Å². The second-order valence-electron chi connectivity index (χ2n) is 3.90. The molecule has 0 atom stereocenters. The Morgan fingerprint density at radius 3 is 3.18 bits per heavy atom. The van der Waals surface area contributed by atoms with Gasteiger partial charge in [-0.25, -0.2) is 4.98 Å². The van der Waals surface area contributed by atoms with Crippen LogP contribution in [0.25, 0.3) is 0 Å². The Morgan fingerprint density at radius 1 is 1.65 bits per heavy atom. The van der Waals surface area contributed by atoms with E-state index in [1.807, 2.05) is 0 Å². The molecule has 0 aliphatic heterocycles. The van der Waals surface area contributed by atoms with Crippen LogP contribution in [-0.2, 0) is 0 Å². The zero-order chi connectivity index (χ0) is 12.1. The second kappa shape index (κ2) is 5.78. The summed E-state index contributed by atoms with van der Waals surface area (Å²) in [6, 6.07) is 0.391. The summed E-state index contributed by atoms with van der Waals surface area (Å²) in [4.78, 5) is 16.0. The maximum atomic E-state index is 12.0. The average molecular weight is 249 g/mol. The number of hydrogen-bond acceptors (Lipinski definition) is 4. The molecule has 0 unspecified atom stereocenters. The first-order valence-electron chi connectivity index (χ1n) is 5.65. The summed E-state index contributed by atoms with van der Waals surface area (Å²) < 4.78 is 1.77. The highest BCUT2D eigenvalue weighted by molar-refractivity contribution is 7.99. The number of nitrogens with one attached hydrogen (secondary N) is 1. The minimum atomic E-state index is -0.0167. The van der Waals surface area contributed by atoms with Crippen molar-refractivity contribution in [2.45, 2.75) is 18.9 Å². The lowest BCUT2D eigenvalue weighted by Gasteiger charge is -2.07. The van der Waals surface area contributed by atoms with E-state index in [1.165, 1.54) is 0 Å². The maximum Gasteiger partial charge on any atom is 0.293 e. The number of thioether (sulfide) groups is 1. The Labute approximate surface area is 105 Å². The molecule has 5 heteroatoms. The first-order valence-corrected chi connectivity index (χ1v) is 6.80. The van der Waals surface area contributed by atoms with E-state index in [1.54, 1.807) is 28.7 Å². The van der Waals surface area contributed by atoms with Crippen LogP contribution >= 0.6 is 11.8 Å². The third-order valence-electron chi connectivity index (χ3n) is 2.53. The lowest BCUT2D eigenvalue weighted by Crippen LogP contribution is -2.24. The van der Waals surface area contributed by atoms with Crippen LogP contribution in [0.5, 0.6) is 0 Å². The molecule has 1 saturated carbocycles. The molecule has 1 aliphatic rings. The largest absolute Gasteiger partial charge is 0.365 e. The van der Waals surface area contributed by atoms with Crippen molar-refractivity contribution < 1.29 is 0 Å². The number of anilines is 1. The predicted octanol–water partition coefficient (Wildman–Crippen LogP) is 1.36. The average Bonchev–Trinajstić information content (AvgIpc) is 3.15. The molecule has 0 bridgehead atoms. The van der Waals surface area contributed by atoms with Gasteiger partial charge in [0.25, 0.3) is 5.56 Å². The molecule has 1 aromatic rings. The molecule has 0 amide bonds. The third-order valence-corrected chi connectivity index (χ3v) is 3.40. The van der Waals surface area contributed by atoms with Crippen LogP contribution in [0.2, 0.25) is 0 Å². The zero-order valence-corrected chi connectivity index (χ0v) is 10.4. The normalized spacial score (nSPS) is 14.3. The minimum absolute atomic E-state index is 0.0167. The van der Waals surface area contributed by atoms with Gasteiger partial charge in [-0.3, -0.25) is 4.79 Å². The Balaban J connectivity index is 1.90. The molecule has 2 rings (SSSR count). The molecule has 0 saturated heterocycles. The highest BCUT2D eigenvalue weighted by Gasteiger charge is 2.25. The molecule has 90 valence electrons. The van der Waals surface area contributed by atoms with E-state index >= 15 is 0 Å².